The van der Waals surface area contributed by atoms with Crippen LogP contribution in [0.25, 0.3) is 23.3 Å². The van der Waals surface area contributed by atoms with Gasteiger partial charge in [0.15, 0.2) is 11.5 Å². The van der Waals surface area contributed by atoms with E-state index in [0.717, 1.165) is 12.1 Å². The molecule has 1 aromatic carbocycles. The van der Waals surface area contributed by atoms with Crippen LogP contribution in [0.2, 0.25) is 0 Å². The van der Waals surface area contributed by atoms with E-state index in [0.29, 0.717) is 22.6 Å². The third-order valence-corrected chi connectivity index (χ3v) is 3.01. The van der Waals surface area contributed by atoms with Gasteiger partial charge in [-0.3, -0.25) is 0 Å². The molecule has 2 heterocycles. The number of hydrogen-bond donors (Lipinski definition) is 2. The largest absolute Gasteiger partial charge is 0.416 e. The number of nitrogens with two attached hydrogens (primary N) is 1. The number of rotatable bonds is 2. The number of H-pyrrole nitrogens is 1. The summed E-state index contributed by atoms with van der Waals surface area (Å²) in [4.78, 5) is 14.9. The second-order valence-electron chi connectivity index (χ2n) is 4.53. The van der Waals surface area contributed by atoms with E-state index >= 15 is 0 Å². The highest BCUT2D eigenvalue weighted by molar-refractivity contribution is 5.83. The maximum Gasteiger partial charge on any atom is 0.416 e. The molecule has 0 amide bonds. The Hall–Kier alpha value is -2.90. The topological polar surface area (TPSA) is 80.5 Å². The van der Waals surface area contributed by atoms with Gasteiger partial charge in [0.25, 0.3) is 0 Å². The summed E-state index contributed by atoms with van der Waals surface area (Å²) in [5, 5.41) is 0. The van der Waals surface area contributed by atoms with E-state index in [1.165, 1.54) is 18.5 Å². The number of nitrogens with one attached hydrogen (secondary N) is 1. The summed E-state index contributed by atoms with van der Waals surface area (Å²) in [7, 11) is 0. The number of anilines is 1. The minimum absolute atomic E-state index is 0.284. The molecule has 112 valence electrons. The first-order chi connectivity index (χ1) is 10.4. The molecule has 0 radical (unpaired) electrons. The van der Waals surface area contributed by atoms with Crippen molar-refractivity contribution in [1.82, 2.24) is 19.9 Å². The van der Waals surface area contributed by atoms with Crippen LogP contribution in [-0.2, 0) is 6.18 Å². The lowest BCUT2D eigenvalue weighted by atomic mass is 10.1. The zero-order chi connectivity index (χ0) is 15.7. The Balaban J connectivity index is 1.85. The van der Waals surface area contributed by atoms with Crippen LogP contribution in [0, 0.1) is 0 Å². The third-order valence-electron chi connectivity index (χ3n) is 3.01. The molecule has 0 fully saturated rings. The number of nitrogens with zero attached hydrogens (tertiary/aromatic N) is 3. The fraction of sp³-hybridized carbons (Fsp3) is 0.0714. The Morgan fingerprint density at radius 1 is 1.05 bits per heavy atom. The molecular formula is C14H10F3N5. The minimum Gasteiger partial charge on any atom is -0.382 e. The van der Waals surface area contributed by atoms with E-state index in [9.17, 15) is 13.2 Å². The molecule has 0 unspecified atom stereocenters. The maximum atomic E-state index is 12.5. The van der Waals surface area contributed by atoms with Gasteiger partial charge in [-0.2, -0.15) is 13.2 Å². The molecule has 8 heteroatoms. The smallest absolute Gasteiger partial charge is 0.382 e. The zero-order valence-corrected chi connectivity index (χ0v) is 11.1. The van der Waals surface area contributed by atoms with Crippen LogP contribution in [0.5, 0.6) is 0 Å². The molecule has 0 saturated heterocycles. The monoisotopic (exact) mass is 305 g/mol. The average Bonchev–Trinajstić information content (AvgIpc) is 2.89. The Bertz CT molecular complexity index is 834. The molecule has 0 aliphatic carbocycles. The normalized spacial score (nSPS) is 12.3. The molecular weight excluding hydrogens is 295 g/mol. The second kappa shape index (κ2) is 5.14. The number of hydrogen-bond acceptors (Lipinski definition) is 4. The van der Waals surface area contributed by atoms with Crippen molar-refractivity contribution in [1.29, 1.82) is 0 Å². The summed E-state index contributed by atoms with van der Waals surface area (Å²) >= 11 is 0. The molecule has 3 aromatic rings. The Morgan fingerprint density at radius 2 is 1.77 bits per heavy atom. The van der Waals surface area contributed by atoms with Crippen LogP contribution in [-0.4, -0.2) is 19.9 Å². The van der Waals surface area contributed by atoms with E-state index < -0.39 is 11.7 Å². The fourth-order valence-corrected chi connectivity index (χ4v) is 1.90. The minimum atomic E-state index is -4.34. The van der Waals surface area contributed by atoms with E-state index in [1.54, 1.807) is 12.2 Å². The van der Waals surface area contributed by atoms with Gasteiger partial charge in [-0.25, -0.2) is 15.0 Å². The molecule has 0 bridgehead atoms. The van der Waals surface area contributed by atoms with Crippen LogP contribution < -0.4 is 5.73 Å². The molecule has 3 N–H and O–H groups in total. The molecule has 5 nitrogen and oxygen atoms in total. The summed E-state index contributed by atoms with van der Waals surface area (Å²) in [5.41, 5.74) is 6.57. The van der Waals surface area contributed by atoms with Crippen molar-refractivity contribution < 1.29 is 13.2 Å². The Morgan fingerprint density at radius 3 is 2.41 bits per heavy atom. The maximum absolute atomic E-state index is 12.5. The van der Waals surface area contributed by atoms with Gasteiger partial charge in [0.1, 0.15) is 17.7 Å². The van der Waals surface area contributed by atoms with E-state index in [2.05, 4.69) is 19.9 Å². The highest BCUT2D eigenvalue weighted by Gasteiger charge is 2.29. The van der Waals surface area contributed by atoms with Crippen molar-refractivity contribution in [2.24, 2.45) is 0 Å². The highest BCUT2D eigenvalue weighted by Crippen LogP contribution is 2.29. The Labute approximate surface area is 122 Å². The van der Waals surface area contributed by atoms with E-state index in [-0.39, 0.29) is 5.82 Å². The molecule has 22 heavy (non-hydrogen) atoms. The number of imidazole rings is 1. The quantitative estimate of drug-likeness (QED) is 0.762. The van der Waals surface area contributed by atoms with Crippen molar-refractivity contribution in [3.05, 3.63) is 47.5 Å². The molecule has 3 rings (SSSR count). The van der Waals surface area contributed by atoms with Crippen molar-refractivity contribution in [3.8, 4) is 0 Å². The predicted molar refractivity (Wildman–Crippen MR) is 76.5 cm³/mol. The van der Waals surface area contributed by atoms with Gasteiger partial charge in [0.05, 0.1) is 5.56 Å². The number of halogens is 3. The summed E-state index contributed by atoms with van der Waals surface area (Å²) in [5.74, 6) is 0.772. The summed E-state index contributed by atoms with van der Waals surface area (Å²) in [6, 6.07) is 4.83. The van der Waals surface area contributed by atoms with Gasteiger partial charge >= 0.3 is 6.18 Å². The van der Waals surface area contributed by atoms with Gasteiger partial charge in [0.2, 0.25) is 0 Å². The van der Waals surface area contributed by atoms with Gasteiger partial charge in [-0.1, -0.05) is 18.2 Å². The van der Waals surface area contributed by atoms with Crippen LogP contribution >= 0.6 is 0 Å². The van der Waals surface area contributed by atoms with Crippen molar-refractivity contribution >= 4 is 29.1 Å². The first kappa shape index (κ1) is 14.1. The van der Waals surface area contributed by atoms with Crippen molar-refractivity contribution in [2.75, 3.05) is 5.73 Å². The van der Waals surface area contributed by atoms with Gasteiger partial charge in [-0.05, 0) is 23.8 Å². The number of benzene rings is 1. The number of aromatic amines is 1. The van der Waals surface area contributed by atoms with E-state index in [1.807, 2.05) is 0 Å². The second-order valence-corrected chi connectivity index (χ2v) is 4.53. The van der Waals surface area contributed by atoms with Crippen LogP contribution in [0.4, 0.5) is 19.0 Å². The molecule has 0 spiro atoms. The van der Waals surface area contributed by atoms with Crippen molar-refractivity contribution in [3.63, 3.8) is 0 Å². The average molecular weight is 305 g/mol. The van der Waals surface area contributed by atoms with Gasteiger partial charge in [0, 0.05) is 0 Å². The number of nitrogen functional groups attached to an aromatic ring is 1. The fourth-order valence-electron chi connectivity index (χ4n) is 1.90. The van der Waals surface area contributed by atoms with Crippen LogP contribution in [0.1, 0.15) is 17.0 Å². The lowest BCUT2D eigenvalue weighted by Gasteiger charge is -2.05. The molecule has 0 aliphatic rings. The third kappa shape index (κ3) is 2.76. The van der Waals surface area contributed by atoms with Gasteiger partial charge in [-0.15, -0.1) is 0 Å². The van der Waals surface area contributed by atoms with Crippen LogP contribution in [0.15, 0.2) is 30.6 Å². The first-order valence-corrected chi connectivity index (χ1v) is 6.25. The zero-order valence-electron chi connectivity index (χ0n) is 11.1. The van der Waals surface area contributed by atoms with Crippen molar-refractivity contribution in [2.45, 2.75) is 6.18 Å². The van der Waals surface area contributed by atoms with E-state index in [4.69, 9.17) is 5.73 Å². The predicted octanol–water partition coefficient (Wildman–Crippen LogP) is 3.12. The highest BCUT2D eigenvalue weighted by atomic mass is 19.4. The van der Waals surface area contributed by atoms with Crippen LogP contribution in [0.3, 0.4) is 0 Å². The molecule has 0 aliphatic heterocycles. The first-order valence-electron chi connectivity index (χ1n) is 6.25. The SMILES string of the molecule is Nc1ncnc2nc(/C=C/c3ccc(C(F)(F)F)cc3)[nH]c12. The number of fused-ring (bicyclic) bond motifs is 1. The lowest BCUT2D eigenvalue weighted by molar-refractivity contribution is -0.137. The molecule has 2 aromatic heterocycles. The standard InChI is InChI=1S/C14H10F3N5/c15-14(16,17)9-4-1-8(2-5-9)3-6-10-21-11-12(18)19-7-20-13(11)22-10/h1-7H,(H3,18,19,20,21,22)/b6-3+. The molecule has 0 saturated carbocycles. The van der Waals surface area contributed by atoms with Gasteiger partial charge < -0.3 is 10.7 Å². The summed E-state index contributed by atoms with van der Waals surface area (Å²) < 4.78 is 37.4. The molecule has 0 atom stereocenters. The number of alkyl halides is 3. The lowest BCUT2D eigenvalue weighted by Crippen LogP contribution is -2.03. The summed E-state index contributed by atoms with van der Waals surface area (Å²) in [6.45, 7) is 0. The summed E-state index contributed by atoms with van der Waals surface area (Å²) in [6.07, 6.45) is 0.240. The Kier molecular flexibility index (Phi) is 3.28. The number of aromatic nitrogens is 4.